The van der Waals surface area contributed by atoms with Crippen LogP contribution in [0.3, 0.4) is 0 Å². The van der Waals surface area contributed by atoms with Crippen LogP contribution in [0.25, 0.3) is 11.1 Å². The molecule has 2 aliphatic carbocycles. The summed E-state index contributed by atoms with van der Waals surface area (Å²) in [6.07, 6.45) is 5.76. The van der Waals surface area contributed by atoms with Crippen molar-refractivity contribution >= 4 is 11.9 Å². The molecule has 0 aliphatic heterocycles. The van der Waals surface area contributed by atoms with Crippen molar-refractivity contribution in [2.24, 2.45) is 0 Å². The van der Waals surface area contributed by atoms with Crippen LogP contribution < -0.4 is 0 Å². The Morgan fingerprint density at radius 2 is 1.38 bits per heavy atom. The number of hydrogen-bond donors (Lipinski definition) is 2. The minimum Gasteiger partial charge on any atom is -0.481 e. The fourth-order valence-electron chi connectivity index (χ4n) is 4.86. The SMILES string of the molecule is O=C(O)Cc1ccc2c(c1)-c1ccc(CC(=O)O)cc1C21CCCCC1. The molecule has 1 spiro atoms. The monoisotopic (exact) mass is 350 g/mol. The van der Waals surface area contributed by atoms with Crippen molar-refractivity contribution in [2.45, 2.75) is 50.4 Å². The van der Waals surface area contributed by atoms with Crippen molar-refractivity contribution in [3.8, 4) is 11.1 Å². The van der Waals surface area contributed by atoms with E-state index in [0.29, 0.717) is 0 Å². The van der Waals surface area contributed by atoms with Crippen molar-refractivity contribution < 1.29 is 19.8 Å². The molecule has 2 aromatic carbocycles. The van der Waals surface area contributed by atoms with Gasteiger partial charge in [0.15, 0.2) is 0 Å². The van der Waals surface area contributed by atoms with E-state index in [9.17, 15) is 9.59 Å². The van der Waals surface area contributed by atoms with Crippen LogP contribution >= 0.6 is 0 Å². The minimum absolute atomic E-state index is 0.0205. The van der Waals surface area contributed by atoms with E-state index >= 15 is 0 Å². The summed E-state index contributed by atoms with van der Waals surface area (Å²) in [7, 11) is 0. The topological polar surface area (TPSA) is 74.6 Å². The molecule has 0 saturated heterocycles. The number of aliphatic carboxylic acids is 2. The number of carboxylic acids is 2. The van der Waals surface area contributed by atoms with Gasteiger partial charge in [0, 0.05) is 5.41 Å². The van der Waals surface area contributed by atoms with Gasteiger partial charge in [-0.25, -0.2) is 0 Å². The first-order valence-corrected chi connectivity index (χ1v) is 9.20. The molecule has 0 heterocycles. The third-order valence-electron chi connectivity index (χ3n) is 5.91. The van der Waals surface area contributed by atoms with Crippen LogP contribution in [0.4, 0.5) is 0 Å². The van der Waals surface area contributed by atoms with Crippen LogP contribution in [0.15, 0.2) is 36.4 Å². The molecule has 2 N–H and O–H groups in total. The maximum atomic E-state index is 11.1. The van der Waals surface area contributed by atoms with Crippen molar-refractivity contribution in [2.75, 3.05) is 0 Å². The molecule has 2 aliphatic rings. The van der Waals surface area contributed by atoms with Gasteiger partial charge in [0.05, 0.1) is 12.8 Å². The van der Waals surface area contributed by atoms with E-state index in [1.807, 2.05) is 24.3 Å². The first-order chi connectivity index (χ1) is 12.5. The lowest BCUT2D eigenvalue weighted by Crippen LogP contribution is -2.28. The van der Waals surface area contributed by atoms with Gasteiger partial charge in [-0.3, -0.25) is 9.59 Å². The van der Waals surface area contributed by atoms with Gasteiger partial charge in [-0.1, -0.05) is 55.7 Å². The number of carbonyl (C=O) groups is 2. The maximum absolute atomic E-state index is 11.1. The predicted octanol–water partition coefficient (Wildman–Crippen LogP) is 4.17. The summed E-state index contributed by atoms with van der Waals surface area (Å²) in [4.78, 5) is 22.2. The molecule has 0 amide bonds. The van der Waals surface area contributed by atoms with Crippen LogP contribution in [0.1, 0.15) is 54.4 Å². The van der Waals surface area contributed by atoms with Crippen molar-refractivity contribution in [3.05, 3.63) is 58.7 Å². The van der Waals surface area contributed by atoms with Crippen LogP contribution in [-0.4, -0.2) is 22.2 Å². The average Bonchev–Trinajstić information content (AvgIpc) is 2.84. The third kappa shape index (κ3) is 2.70. The first-order valence-electron chi connectivity index (χ1n) is 9.20. The van der Waals surface area contributed by atoms with E-state index < -0.39 is 11.9 Å². The largest absolute Gasteiger partial charge is 0.481 e. The Morgan fingerprint density at radius 3 is 2.04 bits per heavy atom. The second-order valence-corrected chi connectivity index (χ2v) is 7.54. The maximum Gasteiger partial charge on any atom is 0.307 e. The van der Waals surface area contributed by atoms with Gasteiger partial charge in [0.2, 0.25) is 0 Å². The van der Waals surface area contributed by atoms with E-state index in [0.717, 1.165) is 35.1 Å². The molecule has 0 atom stereocenters. The number of carboxylic acid groups (broad SMARTS) is 2. The van der Waals surface area contributed by atoms with Crippen molar-refractivity contribution in [1.29, 1.82) is 0 Å². The summed E-state index contributed by atoms with van der Waals surface area (Å²) < 4.78 is 0. The lowest BCUT2D eigenvalue weighted by molar-refractivity contribution is -0.137. The Balaban J connectivity index is 1.87. The lowest BCUT2D eigenvalue weighted by atomic mass is 9.67. The van der Waals surface area contributed by atoms with Gasteiger partial charge in [0.25, 0.3) is 0 Å². The fraction of sp³-hybridized carbons (Fsp3) is 0.364. The van der Waals surface area contributed by atoms with E-state index in [1.54, 1.807) is 0 Å². The lowest BCUT2D eigenvalue weighted by Gasteiger charge is -2.36. The molecule has 4 nitrogen and oxygen atoms in total. The minimum atomic E-state index is -0.827. The number of rotatable bonds is 4. The Labute approximate surface area is 152 Å². The number of hydrogen-bond acceptors (Lipinski definition) is 2. The molecule has 134 valence electrons. The number of benzene rings is 2. The van der Waals surface area contributed by atoms with Gasteiger partial charge in [0.1, 0.15) is 0 Å². The van der Waals surface area contributed by atoms with Crippen LogP contribution in [0.2, 0.25) is 0 Å². The van der Waals surface area contributed by atoms with E-state index in [4.69, 9.17) is 10.2 Å². The molecular weight excluding hydrogens is 328 g/mol. The van der Waals surface area contributed by atoms with Gasteiger partial charge in [-0.05, 0) is 46.2 Å². The highest BCUT2D eigenvalue weighted by atomic mass is 16.4. The summed E-state index contributed by atoms with van der Waals surface area (Å²) in [6, 6.07) is 12.1. The normalized spacial score (nSPS) is 16.9. The Kier molecular flexibility index (Phi) is 4.06. The summed E-state index contributed by atoms with van der Waals surface area (Å²) in [5, 5.41) is 18.3. The molecule has 2 aromatic rings. The van der Waals surface area contributed by atoms with E-state index in [1.165, 1.54) is 30.4 Å². The van der Waals surface area contributed by atoms with Crippen LogP contribution in [0.5, 0.6) is 0 Å². The zero-order valence-corrected chi connectivity index (χ0v) is 14.6. The van der Waals surface area contributed by atoms with Crippen molar-refractivity contribution in [3.63, 3.8) is 0 Å². The third-order valence-corrected chi connectivity index (χ3v) is 5.91. The summed E-state index contributed by atoms with van der Waals surface area (Å²) >= 11 is 0. The number of fused-ring (bicyclic) bond motifs is 5. The van der Waals surface area contributed by atoms with Gasteiger partial charge in [-0.2, -0.15) is 0 Å². The molecule has 1 fully saturated rings. The van der Waals surface area contributed by atoms with Gasteiger partial charge >= 0.3 is 11.9 Å². The fourth-order valence-corrected chi connectivity index (χ4v) is 4.86. The Bertz CT molecular complexity index is 891. The smallest absolute Gasteiger partial charge is 0.307 e. The molecule has 4 heteroatoms. The Morgan fingerprint density at radius 1 is 0.769 bits per heavy atom. The zero-order chi connectivity index (χ0) is 18.3. The van der Waals surface area contributed by atoms with Gasteiger partial charge in [-0.15, -0.1) is 0 Å². The highest BCUT2D eigenvalue weighted by molar-refractivity contribution is 5.83. The standard InChI is InChI=1S/C22H22O4/c23-20(24)12-14-5-7-18-17(10-14)16-6-4-15(13-21(25)26)11-19(16)22(18)8-2-1-3-9-22/h4-7,10-11H,1-3,8-9,12-13H2,(H,23,24)(H,25,26). The molecule has 0 aromatic heterocycles. The summed E-state index contributed by atoms with van der Waals surface area (Å²) in [5.41, 5.74) is 6.39. The van der Waals surface area contributed by atoms with Crippen LogP contribution in [0, 0.1) is 0 Å². The summed E-state index contributed by atoms with van der Waals surface area (Å²) in [6.45, 7) is 0. The molecule has 0 bridgehead atoms. The molecular formula is C22H22O4. The molecule has 0 unspecified atom stereocenters. The molecule has 4 rings (SSSR count). The Hall–Kier alpha value is -2.62. The van der Waals surface area contributed by atoms with E-state index in [2.05, 4.69) is 12.1 Å². The average molecular weight is 350 g/mol. The first kappa shape index (κ1) is 16.8. The highest BCUT2D eigenvalue weighted by Crippen LogP contribution is 2.56. The zero-order valence-electron chi connectivity index (χ0n) is 14.6. The van der Waals surface area contributed by atoms with Crippen LogP contribution in [-0.2, 0) is 27.8 Å². The quantitative estimate of drug-likeness (QED) is 0.868. The molecule has 1 saturated carbocycles. The highest BCUT2D eigenvalue weighted by Gasteiger charge is 2.43. The predicted molar refractivity (Wildman–Crippen MR) is 98.4 cm³/mol. The second-order valence-electron chi connectivity index (χ2n) is 7.54. The molecule has 0 radical (unpaired) electrons. The summed E-state index contributed by atoms with van der Waals surface area (Å²) in [5.74, 6) is -1.64. The van der Waals surface area contributed by atoms with E-state index in [-0.39, 0.29) is 18.3 Å². The molecule has 26 heavy (non-hydrogen) atoms. The van der Waals surface area contributed by atoms with Crippen molar-refractivity contribution in [1.82, 2.24) is 0 Å². The second kappa shape index (κ2) is 6.27. The van der Waals surface area contributed by atoms with Gasteiger partial charge < -0.3 is 10.2 Å².